The number of nitrogens with one attached hydrogen (secondary N) is 2. The Morgan fingerprint density at radius 2 is 1.77 bits per heavy atom. The molecular formula is C29H38FN5O4. The maximum absolute atomic E-state index is 14.7. The van der Waals surface area contributed by atoms with Crippen molar-refractivity contribution >= 4 is 29.2 Å². The fourth-order valence-electron chi connectivity index (χ4n) is 4.13. The maximum Gasteiger partial charge on any atom is 0.319 e. The summed E-state index contributed by atoms with van der Waals surface area (Å²) in [7, 11) is 0. The molecule has 2 aromatic carbocycles. The Kier molecular flexibility index (Phi) is 11.1. The first-order chi connectivity index (χ1) is 18.6. The lowest BCUT2D eigenvalue weighted by Crippen LogP contribution is -2.48. The average Bonchev–Trinajstić information content (AvgIpc) is 2.89. The predicted molar refractivity (Wildman–Crippen MR) is 150 cm³/mol. The van der Waals surface area contributed by atoms with Crippen LogP contribution in [-0.4, -0.2) is 78.8 Å². The highest BCUT2D eigenvalue weighted by Gasteiger charge is 2.23. The van der Waals surface area contributed by atoms with Crippen LogP contribution >= 0.6 is 0 Å². The van der Waals surface area contributed by atoms with E-state index in [1.54, 1.807) is 24.8 Å². The molecule has 1 fully saturated rings. The number of rotatable bonds is 10. The fraction of sp³-hybridized carbons (Fsp3) is 0.448. The van der Waals surface area contributed by atoms with E-state index in [4.69, 9.17) is 4.74 Å². The molecule has 1 aliphatic heterocycles. The topological polar surface area (TPSA) is 103 Å². The number of piperazine rings is 1. The van der Waals surface area contributed by atoms with Crippen LogP contribution in [0.4, 0.5) is 14.9 Å². The van der Waals surface area contributed by atoms with E-state index in [9.17, 15) is 18.8 Å². The molecule has 1 saturated heterocycles. The van der Waals surface area contributed by atoms with Gasteiger partial charge in [-0.2, -0.15) is 0 Å². The van der Waals surface area contributed by atoms with E-state index in [1.807, 2.05) is 32.0 Å². The summed E-state index contributed by atoms with van der Waals surface area (Å²) in [5.41, 5.74) is 2.50. The van der Waals surface area contributed by atoms with Crippen LogP contribution in [0.25, 0.3) is 0 Å². The van der Waals surface area contributed by atoms with Crippen LogP contribution in [0.5, 0.6) is 0 Å². The first kappa shape index (κ1) is 29.9. The van der Waals surface area contributed by atoms with Crippen molar-refractivity contribution < 1.29 is 23.5 Å². The van der Waals surface area contributed by atoms with Gasteiger partial charge in [0.2, 0.25) is 0 Å². The van der Waals surface area contributed by atoms with Crippen molar-refractivity contribution in [1.29, 1.82) is 0 Å². The molecule has 0 bridgehead atoms. The van der Waals surface area contributed by atoms with Gasteiger partial charge in [-0.25, -0.2) is 14.2 Å². The Labute approximate surface area is 229 Å². The van der Waals surface area contributed by atoms with Crippen LogP contribution in [0.2, 0.25) is 0 Å². The van der Waals surface area contributed by atoms with Crippen molar-refractivity contribution in [3.05, 3.63) is 65.0 Å². The van der Waals surface area contributed by atoms with Gasteiger partial charge in [-0.1, -0.05) is 12.1 Å². The summed E-state index contributed by atoms with van der Waals surface area (Å²) in [6.07, 6.45) is 0.777. The lowest BCUT2D eigenvalue weighted by molar-refractivity contribution is 0.0627. The zero-order valence-electron chi connectivity index (χ0n) is 23.1. The molecule has 0 saturated carbocycles. The first-order valence-electron chi connectivity index (χ1n) is 13.2. The molecule has 4 amide bonds. The van der Waals surface area contributed by atoms with Crippen LogP contribution in [-0.2, 0) is 11.3 Å². The molecule has 0 aliphatic carbocycles. The van der Waals surface area contributed by atoms with Gasteiger partial charge in [0.25, 0.3) is 11.8 Å². The number of halogens is 1. The molecule has 39 heavy (non-hydrogen) atoms. The predicted octanol–water partition coefficient (Wildman–Crippen LogP) is 4.34. The molecule has 0 aromatic heterocycles. The third kappa shape index (κ3) is 9.56. The minimum atomic E-state index is -0.671. The van der Waals surface area contributed by atoms with Gasteiger partial charge in [-0.05, 0) is 70.0 Å². The molecule has 9 nitrogen and oxygen atoms in total. The number of carbonyl (C=O) groups excluding carboxylic acids is 3. The molecule has 0 unspecified atom stereocenters. The molecule has 0 spiro atoms. The minimum absolute atomic E-state index is 0.00722. The molecule has 3 rings (SSSR count). The zero-order valence-corrected chi connectivity index (χ0v) is 23.1. The largest absolute Gasteiger partial charge is 0.379 e. The van der Waals surface area contributed by atoms with Crippen molar-refractivity contribution in [2.75, 3.05) is 44.6 Å². The summed E-state index contributed by atoms with van der Waals surface area (Å²) in [6, 6.07) is 11.0. The van der Waals surface area contributed by atoms with Gasteiger partial charge in [0.1, 0.15) is 5.82 Å². The summed E-state index contributed by atoms with van der Waals surface area (Å²) < 4.78 is 20.1. The molecular weight excluding hydrogens is 501 g/mol. The van der Waals surface area contributed by atoms with E-state index in [2.05, 4.69) is 20.5 Å². The summed E-state index contributed by atoms with van der Waals surface area (Å²) in [6.45, 7) is 11.3. The number of amides is 4. The van der Waals surface area contributed by atoms with Gasteiger partial charge in [0, 0.05) is 62.7 Å². The van der Waals surface area contributed by atoms with Crippen molar-refractivity contribution in [3.8, 4) is 0 Å². The molecule has 0 radical (unpaired) electrons. The summed E-state index contributed by atoms with van der Waals surface area (Å²) in [5.74, 6) is -1.18. The quantitative estimate of drug-likeness (QED) is 0.345. The maximum atomic E-state index is 14.7. The highest BCUT2D eigenvalue weighted by atomic mass is 19.1. The molecule has 1 heterocycles. The van der Waals surface area contributed by atoms with Gasteiger partial charge < -0.3 is 20.3 Å². The lowest BCUT2D eigenvalue weighted by Gasteiger charge is -2.35. The van der Waals surface area contributed by atoms with Gasteiger partial charge in [-0.3, -0.25) is 14.5 Å². The van der Waals surface area contributed by atoms with E-state index in [0.717, 1.165) is 11.6 Å². The monoisotopic (exact) mass is 539 g/mol. The summed E-state index contributed by atoms with van der Waals surface area (Å²) in [4.78, 5) is 45.2. The van der Waals surface area contributed by atoms with Gasteiger partial charge >= 0.3 is 6.03 Å². The van der Waals surface area contributed by atoms with Crippen LogP contribution in [0, 0.1) is 5.82 Å². The van der Waals surface area contributed by atoms with Gasteiger partial charge in [0.15, 0.2) is 0 Å². The zero-order chi connectivity index (χ0) is 28.4. The first-order valence-corrected chi connectivity index (χ1v) is 13.2. The highest BCUT2D eigenvalue weighted by Crippen LogP contribution is 2.19. The molecule has 0 atom stereocenters. The second kappa shape index (κ2) is 14.5. The van der Waals surface area contributed by atoms with E-state index in [1.165, 1.54) is 12.1 Å². The number of benzene rings is 2. The molecule has 2 aromatic rings. The molecule has 10 heteroatoms. The smallest absolute Gasteiger partial charge is 0.319 e. The number of aliphatic imine (C=N–C) groups is 1. The fourth-order valence-corrected chi connectivity index (χ4v) is 4.13. The molecule has 1 aliphatic rings. The van der Waals surface area contributed by atoms with Crippen LogP contribution in [0.1, 0.15) is 60.4 Å². The van der Waals surface area contributed by atoms with Gasteiger partial charge in [-0.15, -0.1) is 0 Å². The van der Waals surface area contributed by atoms with Crippen molar-refractivity contribution in [2.45, 2.75) is 46.8 Å². The van der Waals surface area contributed by atoms with Crippen LogP contribution < -0.4 is 10.6 Å². The summed E-state index contributed by atoms with van der Waals surface area (Å²) in [5, 5.41) is 5.14. The number of carbonyl (C=O) groups is 3. The Morgan fingerprint density at radius 1 is 1.03 bits per heavy atom. The van der Waals surface area contributed by atoms with E-state index in [-0.39, 0.29) is 29.2 Å². The number of hydrogen-bond donors (Lipinski definition) is 2. The third-order valence-electron chi connectivity index (χ3n) is 6.09. The van der Waals surface area contributed by atoms with Crippen LogP contribution in [0.15, 0.2) is 47.5 Å². The Bertz CT molecular complexity index is 1190. The highest BCUT2D eigenvalue weighted by molar-refractivity contribution is 6.02. The normalized spacial score (nSPS) is 13.7. The number of anilines is 1. The van der Waals surface area contributed by atoms with Crippen molar-refractivity contribution in [1.82, 2.24) is 15.1 Å². The second-order valence-electron chi connectivity index (χ2n) is 9.98. The van der Waals surface area contributed by atoms with E-state index in [0.29, 0.717) is 63.6 Å². The molecule has 2 N–H and O–H groups in total. The second-order valence-corrected chi connectivity index (χ2v) is 9.98. The lowest BCUT2D eigenvalue weighted by atomic mass is 10.1. The number of hydrogen-bond acceptors (Lipinski definition) is 5. The van der Waals surface area contributed by atoms with E-state index < -0.39 is 11.8 Å². The Balaban J connectivity index is 1.48. The van der Waals surface area contributed by atoms with Crippen LogP contribution in [0.3, 0.4) is 0 Å². The number of nitrogens with zero attached hydrogens (tertiary/aromatic N) is 3. The average molecular weight is 540 g/mol. The number of urea groups is 1. The van der Waals surface area contributed by atoms with Gasteiger partial charge in [0.05, 0.1) is 11.8 Å². The molecule has 210 valence electrons. The summed E-state index contributed by atoms with van der Waals surface area (Å²) >= 11 is 0. The Morgan fingerprint density at radius 3 is 2.44 bits per heavy atom. The minimum Gasteiger partial charge on any atom is -0.379 e. The Hall–Kier alpha value is -3.63. The number of ether oxygens (including phenoxy) is 1. The van der Waals surface area contributed by atoms with Crippen molar-refractivity contribution in [2.24, 2.45) is 4.99 Å². The third-order valence-corrected chi connectivity index (χ3v) is 6.09. The van der Waals surface area contributed by atoms with E-state index >= 15 is 0 Å². The SMILES string of the molecule is CC(C)=NC(=O)c1cccc(CN2CCN(C(=O)c3ccc(NC(=O)NCCCOC(C)C)c(F)c3)CC2)c1. The standard InChI is InChI=1S/C29H38FN5O4/c1-20(2)32-27(36)23-8-5-7-22(17-23)19-34-12-14-35(15-13-34)28(37)24-9-10-26(25(30)18-24)33-29(38)31-11-6-16-39-21(3)4/h5,7-10,17-18,21H,6,11-16,19H2,1-4H3,(H2,31,33,38). The van der Waals surface area contributed by atoms with Crippen molar-refractivity contribution in [3.63, 3.8) is 0 Å².